The first-order chi connectivity index (χ1) is 16.9. The van der Waals surface area contributed by atoms with Gasteiger partial charge in [0.25, 0.3) is 0 Å². The zero-order valence-electron chi connectivity index (χ0n) is 20.0. The average Bonchev–Trinajstić information content (AvgIpc) is 3.37. The molecule has 2 bridgehead atoms. The van der Waals surface area contributed by atoms with E-state index in [2.05, 4.69) is 33.4 Å². The summed E-state index contributed by atoms with van der Waals surface area (Å²) in [5.74, 6) is 1.96. The van der Waals surface area contributed by atoms with Crippen LogP contribution in [-0.2, 0) is 10.0 Å². The van der Waals surface area contributed by atoms with Crippen LogP contribution < -0.4 is 26.2 Å². The molecule has 3 fully saturated rings. The number of hydrazine groups is 1. The first-order valence-corrected chi connectivity index (χ1v) is 13.7. The van der Waals surface area contributed by atoms with Crippen molar-refractivity contribution in [3.8, 4) is 11.8 Å². The van der Waals surface area contributed by atoms with Crippen LogP contribution in [-0.4, -0.2) is 65.9 Å². The maximum Gasteiger partial charge on any atom is 0.215 e. The number of methoxy groups -OCH3 is 1. The normalized spacial score (nSPS) is 28.7. The number of anilines is 2. The highest BCUT2D eigenvalue weighted by Crippen LogP contribution is 2.39. The van der Waals surface area contributed by atoms with Crippen molar-refractivity contribution < 1.29 is 13.2 Å². The van der Waals surface area contributed by atoms with E-state index in [1.54, 1.807) is 17.6 Å². The Bertz CT molecular complexity index is 1220. The number of piperidine rings is 1. The van der Waals surface area contributed by atoms with E-state index < -0.39 is 10.0 Å². The summed E-state index contributed by atoms with van der Waals surface area (Å²) in [5.41, 5.74) is 7.23. The highest BCUT2D eigenvalue weighted by atomic mass is 32.2. The van der Waals surface area contributed by atoms with Gasteiger partial charge < -0.3 is 15.4 Å². The number of nitrogens with zero attached hydrogens (tertiary/aromatic N) is 4. The molecule has 4 N–H and O–H groups in total. The van der Waals surface area contributed by atoms with Crippen LogP contribution in [0.2, 0.25) is 0 Å². The summed E-state index contributed by atoms with van der Waals surface area (Å²) >= 11 is 0. The third-order valence-electron chi connectivity index (χ3n) is 7.11. The Morgan fingerprint density at radius 1 is 1.20 bits per heavy atom. The monoisotopic (exact) mass is 500 g/mol. The summed E-state index contributed by atoms with van der Waals surface area (Å²) < 4.78 is 32.8. The number of pyridine rings is 2. The van der Waals surface area contributed by atoms with E-state index in [4.69, 9.17) is 15.0 Å². The smallest absolute Gasteiger partial charge is 0.215 e. The number of hydrogen-bond donors (Lipinski definition) is 4. The minimum Gasteiger partial charge on any atom is -0.495 e. The zero-order valence-corrected chi connectivity index (χ0v) is 20.8. The molecule has 0 amide bonds. The van der Waals surface area contributed by atoms with Crippen molar-refractivity contribution >= 4 is 32.6 Å². The van der Waals surface area contributed by atoms with Crippen LogP contribution >= 0.6 is 0 Å². The standard InChI is InChI=1S/C23H32N8O3S/c1-14-8-22(30-29-14)27-21-12-20-19(11-18(34-2)13-25-20)23(28-21)26-15-9-16-4-5-17(10-15)31(16)35(32,33)7-3-6-24/h11-17,22,29-30H,3-5,7-10H2,1-2H3,(H2,26,27,28)/t14?,15?,16-,17+,22?. The lowest BCUT2D eigenvalue weighted by molar-refractivity contribution is 0.235. The number of rotatable bonds is 8. The van der Waals surface area contributed by atoms with Crippen LogP contribution in [0, 0.1) is 11.3 Å². The Balaban J connectivity index is 1.39. The molecule has 3 saturated heterocycles. The third kappa shape index (κ3) is 4.99. The van der Waals surface area contributed by atoms with Crippen molar-refractivity contribution in [2.45, 2.75) is 75.8 Å². The van der Waals surface area contributed by atoms with Gasteiger partial charge in [-0.2, -0.15) is 9.57 Å². The van der Waals surface area contributed by atoms with Crippen LogP contribution in [0.1, 0.15) is 45.4 Å². The second kappa shape index (κ2) is 9.73. The fourth-order valence-electron chi connectivity index (χ4n) is 5.57. The Hall–Kier alpha value is -2.72. The van der Waals surface area contributed by atoms with Crippen molar-refractivity contribution in [1.82, 2.24) is 25.1 Å². The number of aromatic nitrogens is 2. The zero-order chi connectivity index (χ0) is 24.6. The van der Waals surface area contributed by atoms with Gasteiger partial charge in [-0.15, -0.1) is 0 Å². The number of sulfonamides is 1. The number of ether oxygens (including phenoxy) is 1. The molecular formula is C23H32N8O3S. The van der Waals surface area contributed by atoms with E-state index in [-0.39, 0.29) is 36.5 Å². The predicted molar refractivity (Wildman–Crippen MR) is 133 cm³/mol. The predicted octanol–water partition coefficient (Wildman–Crippen LogP) is 1.91. The molecule has 0 spiro atoms. The third-order valence-corrected chi connectivity index (χ3v) is 9.06. The highest BCUT2D eigenvalue weighted by Gasteiger charge is 2.46. The summed E-state index contributed by atoms with van der Waals surface area (Å²) in [5, 5.41) is 16.8. The van der Waals surface area contributed by atoms with Gasteiger partial charge in [-0.05, 0) is 45.1 Å². The van der Waals surface area contributed by atoms with E-state index in [9.17, 15) is 8.42 Å². The maximum atomic E-state index is 12.8. The van der Waals surface area contributed by atoms with Crippen molar-refractivity contribution in [3.05, 3.63) is 18.3 Å². The summed E-state index contributed by atoms with van der Waals surface area (Å²) in [6, 6.07) is 6.15. The van der Waals surface area contributed by atoms with Crippen LogP contribution in [0.4, 0.5) is 11.6 Å². The van der Waals surface area contributed by atoms with Gasteiger partial charge in [0.15, 0.2) is 0 Å². The van der Waals surface area contributed by atoms with Crippen LogP contribution in [0.15, 0.2) is 18.3 Å². The van der Waals surface area contributed by atoms with Gasteiger partial charge in [0.1, 0.15) is 17.4 Å². The van der Waals surface area contributed by atoms with E-state index in [1.165, 1.54) is 0 Å². The number of nitrogens with one attached hydrogen (secondary N) is 4. The van der Waals surface area contributed by atoms with E-state index in [1.807, 2.05) is 18.2 Å². The summed E-state index contributed by atoms with van der Waals surface area (Å²) in [4.78, 5) is 9.46. The molecule has 0 radical (unpaired) electrons. The molecule has 0 saturated carbocycles. The number of nitriles is 1. The van der Waals surface area contributed by atoms with Gasteiger partial charge in [-0.3, -0.25) is 10.4 Å². The molecule has 3 aliphatic heterocycles. The van der Waals surface area contributed by atoms with Crippen molar-refractivity contribution in [2.24, 2.45) is 0 Å². The van der Waals surface area contributed by atoms with Crippen LogP contribution in [0.5, 0.6) is 5.75 Å². The molecule has 5 heterocycles. The van der Waals surface area contributed by atoms with Gasteiger partial charge in [0.2, 0.25) is 10.0 Å². The lowest BCUT2D eigenvalue weighted by Crippen LogP contribution is -2.50. The SMILES string of the molecule is COc1cnc2cc(NC3CC(C)NN3)nc(NC3C[C@H]4CC[C@@H](C3)N4S(=O)(=O)CCC#N)c2c1. The molecule has 2 aromatic heterocycles. The van der Waals surface area contributed by atoms with Crippen molar-refractivity contribution in [2.75, 3.05) is 23.5 Å². The molecule has 5 atom stereocenters. The summed E-state index contributed by atoms with van der Waals surface area (Å²) in [6.07, 6.45) is 5.78. The molecule has 3 aliphatic rings. The largest absolute Gasteiger partial charge is 0.495 e. The number of hydrogen-bond acceptors (Lipinski definition) is 10. The van der Waals surface area contributed by atoms with Crippen molar-refractivity contribution in [1.29, 1.82) is 5.26 Å². The molecule has 5 rings (SSSR count). The number of fused-ring (bicyclic) bond motifs is 3. The first-order valence-electron chi connectivity index (χ1n) is 12.1. The molecule has 2 aromatic rings. The molecule has 188 valence electrons. The maximum absolute atomic E-state index is 12.8. The molecule has 12 heteroatoms. The minimum atomic E-state index is -3.43. The van der Waals surface area contributed by atoms with E-state index in [0.717, 1.165) is 30.2 Å². The lowest BCUT2D eigenvalue weighted by Gasteiger charge is -2.38. The second-order valence-electron chi connectivity index (χ2n) is 9.67. The topological polar surface area (TPSA) is 144 Å². The average molecular weight is 501 g/mol. The molecule has 0 aromatic carbocycles. The quantitative estimate of drug-likeness (QED) is 0.424. The van der Waals surface area contributed by atoms with Crippen LogP contribution in [0.25, 0.3) is 10.9 Å². The minimum absolute atomic E-state index is 0.0225. The molecule has 3 unspecified atom stereocenters. The first kappa shape index (κ1) is 24.0. The summed E-state index contributed by atoms with van der Waals surface area (Å²) in [6.45, 7) is 2.12. The fraction of sp³-hybridized carbons (Fsp3) is 0.609. The van der Waals surface area contributed by atoms with Gasteiger partial charge in [-0.25, -0.2) is 18.8 Å². The Morgan fingerprint density at radius 2 is 1.97 bits per heavy atom. The Kier molecular flexibility index (Phi) is 6.67. The molecule has 11 nitrogen and oxygen atoms in total. The fourth-order valence-corrected chi connectivity index (χ4v) is 7.42. The molecule has 0 aliphatic carbocycles. The van der Waals surface area contributed by atoms with Gasteiger partial charge in [-0.1, -0.05) is 0 Å². The van der Waals surface area contributed by atoms with Crippen molar-refractivity contribution in [3.63, 3.8) is 0 Å². The van der Waals surface area contributed by atoms with E-state index >= 15 is 0 Å². The Morgan fingerprint density at radius 3 is 2.63 bits per heavy atom. The summed E-state index contributed by atoms with van der Waals surface area (Å²) in [7, 11) is -1.82. The van der Waals surface area contributed by atoms with Gasteiger partial charge in [0, 0.05) is 35.6 Å². The van der Waals surface area contributed by atoms with Crippen LogP contribution in [0.3, 0.4) is 0 Å². The lowest BCUT2D eigenvalue weighted by atomic mass is 9.99. The highest BCUT2D eigenvalue weighted by molar-refractivity contribution is 7.89. The molecule has 35 heavy (non-hydrogen) atoms. The molecular weight excluding hydrogens is 468 g/mol. The second-order valence-corrected chi connectivity index (χ2v) is 11.7. The van der Waals surface area contributed by atoms with Gasteiger partial charge in [0.05, 0.1) is 43.2 Å². The Labute approximate surface area is 205 Å². The van der Waals surface area contributed by atoms with E-state index in [0.29, 0.717) is 36.3 Å². The van der Waals surface area contributed by atoms with Gasteiger partial charge >= 0.3 is 0 Å².